The lowest BCUT2D eigenvalue weighted by Crippen LogP contribution is -2.08. The van der Waals surface area contributed by atoms with E-state index in [1.807, 2.05) is 30.3 Å². The first kappa shape index (κ1) is 18.2. The Labute approximate surface area is 156 Å². The Bertz CT molecular complexity index is 933. The second-order valence-electron chi connectivity index (χ2n) is 5.49. The van der Waals surface area contributed by atoms with Gasteiger partial charge in [-0.05, 0) is 36.4 Å². The molecular weight excluding hydrogens is 346 g/mol. The van der Waals surface area contributed by atoms with Crippen LogP contribution in [0.1, 0.15) is 11.3 Å². The van der Waals surface area contributed by atoms with Crippen molar-refractivity contribution in [2.24, 2.45) is 5.16 Å². The van der Waals surface area contributed by atoms with E-state index in [2.05, 4.69) is 15.1 Å². The van der Waals surface area contributed by atoms with Crippen molar-refractivity contribution in [1.29, 1.82) is 0 Å². The van der Waals surface area contributed by atoms with Gasteiger partial charge in [-0.2, -0.15) is 0 Å². The van der Waals surface area contributed by atoms with E-state index >= 15 is 0 Å². The lowest BCUT2D eigenvalue weighted by Gasteiger charge is -2.14. The van der Waals surface area contributed by atoms with E-state index in [0.717, 1.165) is 5.69 Å². The number of benzene rings is 1. The van der Waals surface area contributed by atoms with Crippen molar-refractivity contribution < 1.29 is 19.4 Å². The Morgan fingerprint density at radius 3 is 2.15 bits per heavy atom. The normalized spacial score (nSPS) is 11.1. The molecule has 7 heteroatoms. The van der Waals surface area contributed by atoms with Crippen LogP contribution in [0.25, 0.3) is 11.4 Å². The summed E-state index contributed by atoms with van der Waals surface area (Å²) in [5.74, 6) is 1.36. The number of ether oxygens (including phenoxy) is 3. The minimum atomic E-state index is 0.270. The first-order valence-electron chi connectivity index (χ1n) is 8.13. The van der Waals surface area contributed by atoms with Crippen LogP contribution in [0.4, 0.5) is 0 Å². The summed E-state index contributed by atoms with van der Waals surface area (Å²) >= 11 is 0. The average Bonchev–Trinajstić information content (AvgIpc) is 2.74. The number of rotatable bonds is 6. The monoisotopic (exact) mass is 365 g/mol. The fourth-order valence-corrected chi connectivity index (χ4v) is 2.70. The highest BCUT2D eigenvalue weighted by molar-refractivity contribution is 6.12. The summed E-state index contributed by atoms with van der Waals surface area (Å²) in [6.07, 6.45) is 1.70. The molecule has 3 aromatic rings. The SMILES string of the molecule is COc1cc(/C(=N/O)c2cccc(-c3ccccn3)n2)cc(OC)c1OC. The van der Waals surface area contributed by atoms with Gasteiger partial charge in [-0.1, -0.05) is 17.3 Å². The van der Waals surface area contributed by atoms with E-state index in [-0.39, 0.29) is 5.71 Å². The number of nitrogens with zero attached hydrogens (tertiary/aromatic N) is 3. The van der Waals surface area contributed by atoms with Crippen LogP contribution in [0.5, 0.6) is 17.2 Å². The van der Waals surface area contributed by atoms with Gasteiger partial charge in [0.2, 0.25) is 5.75 Å². The number of hydrogen-bond acceptors (Lipinski definition) is 7. The van der Waals surface area contributed by atoms with Crippen molar-refractivity contribution in [3.05, 3.63) is 66.0 Å². The van der Waals surface area contributed by atoms with Gasteiger partial charge < -0.3 is 19.4 Å². The third-order valence-corrected chi connectivity index (χ3v) is 3.96. The summed E-state index contributed by atoms with van der Waals surface area (Å²) < 4.78 is 16.1. The Hall–Kier alpha value is -3.61. The van der Waals surface area contributed by atoms with Gasteiger partial charge in [0.15, 0.2) is 11.5 Å². The second kappa shape index (κ2) is 8.18. The number of aromatic nitrogens is 2. The topological polar surface area (TPSA) is 86.1 Å². The fraction of sp³-hybridized carbons (Fsp3) is 0.150. The summed E-state index contributed by atoms with van der Waals surface area (Å²) in [6.45, 7) is 0. The third-order valence-electron chi connectivity index (χ3n) is 3.96. The lowest BCUT2D eigenvalue weighted by molar-refractivity contribution is 0.318. The Morgan fingerprint density at radius 1 is 0.889 bits per heavy atom. The van der Waals surface area contributed by atoms with Crippen molar-refractivity contribution in [3.8, 4) is 28.6 Å². The van der Waals surface area contributed by atoms with E-state index < -0.39 is 0 Å². The molecule has 27 heavy (non-hydrogen) atoms. The second-order valence-corrected chi connectivity index (χ2v) is 5.49. The quantitative estimate of drug-likeness (QED) is 0.409. The molecule has 1 N–H and O–H groups in total. The number of hydrogen-bond donors (Lipinski definition) is 1. The van der Waals surface area contributed by atoms with Crippen molar-refractivity contribution in [3.63, 3.8) is 0 Å². The largest absolute Gasteiger partial charge is 0.493 e. The van der Waals surface area contributed by atoms with E-state index in [0.29, 0.717) is 34.2 Å². The van der Waals surface area contributed by atoms with Gasteiger partial charge in [0.1, 0.15) is 5.71 Å². The van der Waals surface area contributed by atoms with Gasteiger partial charge in [0.05, 0.1) is 38.4 Å². The molecule has 7 nitrogen and oxygen atoms in total. The number of oxime groups is 1. The van der Waals surface area contributed by atoms with E-state index in [9.17, 15) is 5.21 Å². The van der Waals surface area contributed by atoms with E-state index in [1.165, 1.54) is 21.3 Å². The Morgan fingerprint density at radius 2 is 1.59 bits per heavy atom. The minimum Gasteiger partial charge on any atom is -0.493 e. The maximum absolute atomic E-state index is 9.67. The molecule has 0 saturated heterocycles. The van der Waals surface area contributed by atoms with Gasteiger partial charge in [-0.25, -0.2) is 4.98 Å². The highest BCUT2D eigenvalue weighted by atomic mass is 16.5. The molecule has 0 radical (unpaired) electrons. The molecule has 0 aliphatic heterocycles. The van der Waals surface area contributed by atoms with Crippen LogP contribution in [0.2, 0.25) is 0 Å². The van der Waals surface area contributed by atoms with Crippen LogP contribution >= 0.6 is 0 Å². The zero-order chi connectivity index (χ0) is 19.2. The van der Waals surface area contributed by atoms with Crippen molar-refractivity contribution in [2.45, 2.75) is 0 Å². The van der Waals surface area contributed by atoms with Gasteiger partial charge in [-0.3, -0.25) is 4.98 Å². The summed E-state index contributed by atoms with van der Waals surface area (Å²) in [5, 5.41) is 13.1. The summed E-state index contributed by atoms with van der Waals surface area (Å²) in [5.41, 5.74) is 2.71. The molecule has 0 saturated carbocycles. The van der Waals surface area contributed by atoms with Crippen LogP contribution in [0, 0.1) is 0 Å². The van der Waals surface area contributed by atoms with Crippen molar-refractivity contribution >= 4 is 5.71 Å². The molecule has 0 aliphatic carbocycles. The van der Waals surface area contributed by atoms with Gasteiger partial charge >= 0.3 is 0 Å². The molecular formula is C20H19N3O4. The zero-order valence-corrected chi connectivity index (χ0v) is 15.2. The minimum absolute atomic E-state index is 0.270. The maximum atomic E-state index is 9.67. The molecule has 0 bridgehead atoms. The molecule has 1 aromatic carbocycles. The molecule has 0 spiro atoms. The van der Waals surface area contributed by atoms with Crippen LogP contribution in [0.3, 0.4) is 0 Å². The third kappa shape index (κ3) is 3.67. The molecule has 138 valence electrons. The molecule has 0 unspecified atom stereocenters. The Kier molecular flexibility index (Phi) is 5.51. The smallest absolute Gasteiger partial charge is 0.203 e. The van der Waals surface area contributed by atoms with Crippen LogP contribution in [-0.4, -0.2) is 42.2 Å². The maximum Gasteiger partial charge on any atom is 0.203 e. The van der Waals surface area contributed by atoms with Gasteiger partial charge in [0, 0.05) is 11.8 Å². The summed E-state index contributed by atoms with van der Waals surface area (Å²) in [7, 11) is 4.58. The van der Waals surface area contributed by atoms with Crippen LogP contribution < -0.4 is 14.2 Å². The molecule has 0 fully saturated rings. The standard InChI is InChI=1S/C20H19N3O4/c1-25-17-11-13(12-18(26-2)20(17)27-3)19(23-24)16-9-6-8-15(22-16)14-7-4-5-10-21-14/h4-12,24H,1-3H3/b23-19-. The van der Waals surface area contributed by atoms with Crippen molar-refractivity contribution in [1.82, 2.24) is 9.97 Å². The predicted octanol–water partition coefficient (Wildman–Crippen LogP) is 3.40. The van der Waals surface area contributed by atoms with E-state index in [4.69, 9.17) is 14.2 Å². The lowest BCUT2D eigenvalue weighted by atomic mass is 10.0. The van der Waals surface area contributed by atoms with Crippen LogP contribution in [0.15, 0.2) is 59.9 Å². The highest BCUT2D eigenvalue weighted by Crippen LogP contribution is 2.38. The molecule has 0 atom stereocenters. The van der Waals surface area contributed by atoms with Gasteiger partial charge in [-0.15, -0.1) is 0 Å². The average molecular weight is 365 g/mol. The molecule has 2 heterocycles. The number of methoxy groups -OCH3 is 3. The number of pyridine rings is 2. The zero-order valence-electron chi connectivity index (χ0n) is 15.2. The molecule has 0 amide bonds. The summed E-state index contributed by atoms with van der Waals surface area (Å²) in [6, 6.07) is 14.4. The van der Waals surface area contributed by atoms with Crippen molar-refractivity contribution in [2.75, 3.05) is 21.3 Å². The van der Waals surface area contributed by atoms with Gasteiger partial charge in [0.25, 0.3) is 0 Å². The molecule has 0 aliphatic rings. The Balaban J connectivity index is 2.09. The molecule has 3 rings (SSSR count). The highest BCUT2D eigenvalue weighted by Gasteiger charge is 2.18. The summed E-state index contributed by atoms with van der Waals surface area (Å²) in [4.78, 5) is 8.88. The predicted molar refractivity (Wildman–Crippen MR) is 101 cm³/mol. The molecule has 2 aromatic heterocycles. The fourth-order valence-electron chi connectivity index (χ4n) is 2.70. The first-order chi connectivity index (χ1) is 13.2. The first-order valence-corrected chi connectivity index (χ1v) is 8.13. The van der Waals surface area contributed by atoms with Crippen LogP contribution in [-0.2, 0) is 0 Å². The van der Waals surface area contributed by atoms with E-state index in [1.54, 1.807) is 24.4 Å².